The number of carbonyl (C=O) groups is 2. The Kier molecular flexibility index (Phi) is 3.50. The van der Waals surface area contributed by atoms with Crippen molar-refractivity contribution in [1.29, 1.82) is 0 Å². The number of rotatable bonds is 2. The largest absolute Gasteiger partial charge is 0.480 e. The Morgan fingerprint density at radius 2 is 2.39 bits per heavy atom. The highest BCUT2D eigenvalue weighted by atomic mass is 16.4. The summed E-state index contributed by atoms with van der Waals surface area (Å²) in [5, 5.41) is 18.1. The number of H-pyrrole nitrogens is 1. The summed E-state index contributed by atoms with van der Waals surface area (Å²) in [5.74, 6) is -0.990. The van der Waals surface area contributed by atoms with Crippen LogP contribution in [0.2, 0.25) is 0 Å². The maximum atomic E-state index is 12.0. The summed E-state index contributed by atoms with van der Waals surface area (Å²) in [4.78, 5) is 24.7. The summed E-state index contributed by atoms with van der Waals surface area (Å²) in [6, 6.07) is -1.15. The van der Waals surface area contributed by atoms with Crippen LogP contribution in [0.25, 0.3) is 0 Å². The van der Waals surface area contributed by atoms with Gasteiger partial charge >= 0.3 is 12.0 Å². The van der Waals surface area contributed by atoms with Crippen molar-refractivity contribution in [1.82, 2.24) is 15.1 Å². The molecule has 7 heteroatoms. The fourth-order valence-electron chi connectivity index (χ4n) is 2.31. The second kappa shape index (κ2) is 5.07. The van der Waals surface area contributed by atoms with Crippen LogP contribution in [-0.2, 0) is 4.79 Å². The molecule has 0 spiro atoms. The van der Waals surface area contributed by atoms with Crippen LogP contribution in [0.5, 0.6) is 0 Å². The number of piperidine rings is 1. The molecule has 2 atom stereocenters. The van der Waals surface area contributed by atoms with Gasteiger partial charge in [-0.1, -0.05) is 6.92 Å². The molecule has 0 aromatic carbocycles. The summed E-state index contributed by atoms with van der Waals surface area (Å²) in [6.07, 6.45) is 4.66. The molecule has 7 nitrogen and oxygen atoms in total. The number of aliphatic carboxylic acids is 1. The Balaban J connectivity index is 2.09. The summed E-state index contributed by atoms with van der Waals surface area (Å²) >= 11 is 0. The van der Waals surface area contributed by atoms with E-state index >= 15 is 0 Å². The number of anilines is 1. The minimum atomic E-state index is -0.954. The number of carboxylic acids is 1. The van der Waals surface area contributed by atoms with E-state index in [9.17, 15) is 14.7 Å². The smallest absolute Gasteiger partial charge is 0.326 e. The van der Waals surface area contributed by atoms with E-state index in [0.717, 1.165) is 12.8 Å². The van der Waals surface area contributed by atoms with E-state index in [1.807, 2.05) is 6.92 Å². The van der Waals surface area contributed by atoms with Crippen LogP contribution in [-0.4, -0.2) is 44.8 Å². The topological polar surface area (TPSA) is 98.3 Å². The van der Waals surface area contributed by atoms with Gasteiger partial charge in [-0.2, -0.15) is 5.10 Å². The highest BCUT2D eigenvalue weighted by molar-refractivity contribution is 5.92. The second-order valence-corrected chi connectivity index (χ2v) is 4.51. The molecule has 1 aromatic heterocycles. The van der Waals surface area contributed by atoms with Gasteiger partial charge in [-0.3, -0.25) is 5.10 Å². The highest BCUT2D eigenvalue weighted by Gasteiger charge is 2.37. The van der Waals surface area contributed by atoms with Crippen molar-refractivity contribution in [2.24, 2.45) is 5.92 Å². The summed E-state index contributed by atoms with van der Waals surface area (Å²) < 4.78 is 0. The maximum Gasteiger partial charge on any atom is 0.326 e. The summed E-state index contributed by atoms with van der Waals surface area (Å²) in [6.45, 7) is 2.32. The van der Waals surface area contributed by atoms with E-state index in [0.29, 0.717) is 12.2 Å². The van der Waals surface area contributed by atoms with E-state index < -0.39 is 18.0 Å². The van der Waals surface area contributed by atoms with Crippen LogP contribution in [0.3, 0.4) is 0 Å². The number of nitrogens with one attached hydrogen (secondary N) is 2. The van der Waals surface area contributed by atoms with E-state index in [2.05, 4.69) is 15.5 Å². The molecule has 1 fully saturated rings. The minimum Gasteiger partial charge on any atom is -0.480 e. The number of nitrogens with zero attached hydrogens (tertiary/aromatic N) is 2. The van der Waals surface area contributed by atoms with Crippen molar-refractivity contribution < 1.29 is 14.7 Å². The predicted octanol–water partition coefficient (Wildman–Crippen LogP) is 1.13. The molecule has 0 bridgehead atoms. The lowest BCUT2D eigenvalue weighted by atomic mass is 9.91. The van der Waals surface area contributed by atoms with E-state index in [1.54, 1.807) is 6.20 Å². The zero-order chi connectivity index (χ0) is 13.1. The number of likely N-dealkylation sites (tertiary alicyclic amines) is 1. The highest BCUT2D eigenvalue weighted by Crippen LogP contribution is 2.24. The van der Waals surface area contributed by atoms with Crippen LogP contribution in [0.15, 0.2) is 12.4 Å². The molecule has 2 heterocycles. The second-order valence-electron chi connectivity index (χ2n) is 4.51. The van der Waals surface area contributed by atoms with Crippen LogP contribution in [0, 0.1) is 5.92 Å². The van der Waals surface area contributed by atoms with Gasteiger partial charge < -0.3 is 15.3 Å². The zero-order valence-electron chi connectivity index (χ0n) is 10.1. The van der Waals surface area contributed by atoms with Crippen molar-refractivity contribution in [3.63, 3.8) is 0 Å². The van der Waals surface area contributed by atoms with E-state index in [-0.39, 0.29) is 5.92 Å². The number of carbonyl (C=O) groups excluding carboxylic acids is 1. The van der Waals surface area contributed by atoms with Crippen molar-refractivity contribution in [2.45, 2.75) is 25.8 Å². The molecule has 2 unspecified atom stereocenters. The molecule has 2 rings (SSSR count). The van der Waals surface area contributed by atoms with Gasteiger partial charge in [0.05, 0.1) is 11.9 Å². The normalized spacial score (nSPS) is 23.7. The third kappa shape index (κ3) is 2.44. The van der Waals surface area contributed by atoms with Gasteiger partial charge in [0.2, 0.25) is 0 Å². The fraction of sp³-hybridized carbons (Fsp3) is 0.545. The first-order chi connectivity index (χ1) is 8.59. The molecular formula is C11H16N4O3. The Morgan fingerprint density at radius 3 is 3.00 bits per heavy atom. The van der Waals surface area contributed by atoms with Crippen molar-refractivity contribution in [2.75, 3.05) is 11.9 Å². The first kappa shape index (κ1) is 12.4. The monoisotopic (exact) mass is 252 g/mol. The molecule has 2 amide bonds. The lowest BCUT2D eigenvalue weighted by molar-refractivity contribution is -0.145. The van der Waals surface area contributed by atoms with Gasteiger partial charge in [0.15, 0.2) is 0 Å². The van der Waals surface area contributed by atoms with Crippen LogP contribution in [0.4, 0.5) is 10.5 Å². The zero-order valence-corrected chi connectivity index (χ0v) is 10.1. The number of aromatic amines is 1. The van der Waals surface area contributed by atoms with Crippen molar-refractivity contribution in [3.8, 4) is 0 Å². The molecule has 98 valence electrons. The molecule has 1 aromatic rings. The molecule has 0 radical (unpaired) electrons. The number of hydrogen-bond donors (Lipinski definition) is 3. The number of hydrogen-bond acceptors (Lipinski definition) is 3. The predicted molar refractivity (Wildman–Crippen MR) is 64.1 cm³/mol. The number of carboxylic acid groups (broad SMARTS) is 1. The Hall–Kier alpha value is -2.05. The van der Waals surface area contributed by atoms with Crippen molar-refractivity contribution >= 4 is 17.7 Å². The van der Waals surface area contributed by atoms with E-state index in [1.165, 1.54) is 11.1 Å². The Morgan fingerprint density at radius 1 is 1.61 bits per heavy atom. The lowest BCUT2D eigenvalue weighted by Gasteiger charge is -2.37. The van der Waals surface area contributed by atoms with Crippen LogP contribution >= 0.6 is 0 Å². The standard InChI is InChI=1S/C11H16N4O3/c1-7-3-2-4-15(9(7)10(16)17)11(18)14-8-5-12-13-6-8/h5-7,9H,2-4H2,1H3,(H,12,13)(H,14,18)(H,16,17). The molecule has 0 aliphatic carbocycles. The van der Waals surface area contributed by atoms with Gasteiger partial charge in [-0.05, 0) is 18.8 Å². The fourth-order valence-corrected chi connectivity index (χ4v) is 2.31. The molecule has 1 saturated heterocycles. The quantitative estimate of drug-likeness (QED) is 0.734. The lowest BCUT2D eigenvalue weighted by Crippen LogP contribution is -2.53. The molecular weight excluding hydrogens is 236 g/mol. The Bertz CT molecular complexity index is 432. The Labute approximate surface area is 104 Å². The molecule has 1 aliphatic heterocycles. The summed E-state index contributed by atoms with van der Waals surface area (Å²) in [5.41, 5.74) is 0.530. The molecule has 1 aliphatic rings. The van der Waals surface area contributed by atoms with Gasteiger partial charge in [-0.15, -0.1) is 0 Å². The average Bonchev–Trinajstić information content (AvgIpc) is 2.80. The van der Waals surface area contributed by atoms with Gasteiger partial charge in [0.1, 0.15) is 6.04 Å². The SMILES string of the molecule is CC1CCCN(C(=O)Nc2cn[nH]c2)C1C(=O)O. The first-order valence-electron chi connectivity index (χ1n) is 5.89. The number of amides is 2. The summed E-state index contributed by atoms with van der Waals surface area (Å²) in [7, 11) is 0. The number of aromatic nitrogens is 2. The molecule has 0 saturated carbocycles. The number of urea groups is 1. The molecule has 18 heavy (non-hydrogen) atoms. The van der Waals surface area contributed by atoms with Gasteiger partial charge in [-0.25, -0.2) is 9.59 Å². The first-order valence-corrected chi connectivity index (χ1v) is 5.89. The average molecular weight is 252 g/mol. The third-order valence-corrected chi connectivity index (χ3v) is 3.20. The third-order valence-electron chi connectivity index (χ3n) is 3.20. The minimum absolute atomic E-state index is 0.0358. The van der Waals surface area contributed by atoms with Crippen LogP contribution in [0.1, 0.15) is 19.8 Å². The van der Waals surface area contributed by atoms with Gasteiger partial charge in [0, 0.05) is 12.7 Å². The molecule has 3 N–H and O–H groups in total. The van der Waals surface area contributed by atoms with Gasteiger partial charge in [0.25, 0.3) is 0 Å². The maximum absolute atomic E-state index is 12.0. The van der Waals surface area contributed by atoms with E-state index in [4.69, 9.17) is 0 Å². The van der Waals surface area contributed by atoms with Crippen molar-refractivity contribution in [3.05, 3.63) is 12.4 Å². The van der Waals surface area contributed by atoms with Crippen LogP contribution < -0.4 is 5.32 Å².